The topological polar surface area (TPSA) is 38.1 Å². The molecule has 0 spiro atoms. The molecular weight excluding hydrogens is 330 g/mol. The number of nitrogens with zero attached hydrogens (tertiary/aromatic N) is 3. The van der Waals surface area contributed by atoms with Crippen LogP contribution in [0.4, 0.5) is 0 Å². The van der Waals surface area contributed by atoms with Gasteiger partial charge in [0.1, 0.15) is 0 Å². The highest BCUT2D eigenvalue weighted by Crippen LogP contribution is 2.25. The molecule has 0 unspecified atom stereocenters. The van der Waals surface area contributed by atoms with E-state index in [1.54, 1.807) is 11.8 Å². The molecule has 128 valence electrons. The molecule has 2 aromatic carbocycles. The van der Waals surface area contributed by atoms with E-state index in [1.165, 1.54) is 5.56 Å². The van der Waals surface area contributed by atoms with Crippen LogP contribution >= 0.6 is 11.8 Å². The minimum absolute atomic E-state index is 0.220. The number of amides is 1. The predicted molar refractivity (Wildman–Crippen MR) is 102 cm³/mol. The van der Waals surface area contributed by atoms with Gasteiger partial charge < -0.3 is 9.47 Å². The van der Waals surface area contributed by atoms with Crippen LogP contribution in [-0.4, -0.2) is 39.2 Å². The van der Waals surface area contributed by atoms with Crippen LogP contribution in [0.3, 0.4) is 0 Å². The van der Waals surface area contributed by atoms with E-state index < -0.39 is 0 Å². The largest absolute Gasteiger partial charge is 0.342 e. The molecule has 3 aromatic rings. The number of carbonyl (C=O) groups is 1. The van der Waals surface area contributed by atoms with Gasteiger partial charge in [-0.2, -0.15) is 0 Å². The lowest BCUT2D eigenvalue weighted by Gasteiger charge is -2.30. The summed E-state index contributed by atoms with van der Waals surface area (Å²) in [6, 6.07) is 18.7. The number of likely N-dealkylation sites (tertiary alicyclic amines) is 1. The normalized spacial score (nSPS) is 13.8. The van der Waals surface area contributed by atoms with E-state index in [1.807, 2.05) is 29.2 Å². The molecular formula is C20H21N3OS. The summed E-state index contributed by atoms with van der Waals surface area (Å²) in [5.74, 6) is 0.687. The zero-order valence-electron chi connectivity index (χ0n) is 14.1. The van der Waals surface area contributed by atoms with Gasteiger partial charge in [-0.1, -0.05) is 54.2 Å². The van der Waals surface area contributed by atoms with Crippen molar-refractivity contribution in [2.45, 2.75) is 24.5 Å². The molecule has 25 heavy (non-hydrogen) atoms. The molecule has 0 bridgehead atoms. The van der Waals surface area contributed by atoms with Gasteiger partial charge in [-0.15, -0.1) is 0 Å². The van der Waals surface area contributed by atoms with Gasteiger partial charge in [0.2, 0.25) is 5.91 Å². The molecule has 0 aliphatic carbocycles. The summed E-state index contributed by atoms with van der Waals surface area (Å²) in [5.41, 5.74) is 3.44. The van der Waals surface area contributed by atoms with Crippen molar-refractivity contribution in [1.82, 2.24) is 14.5 Å². The van der Waals surface area contributed by atoms with Crippen LogP contribution < -0.4 is 0 Å². The number of carbonyl (C=O) groups excluding carboxylic acids is 1. The van der Waals surface area contributed by atoms with E-state index in [0.29, 0.717) is 5.75 Å². The van der Waals surface area contributed by atoms with Crippen molar-refractivity contribution >= 4 is 28.7 Å². The van der Waals surface area contributed by atoms with Crippen molar-refractivity contribution in [3.05, 3.63) is 60.2 Å². The molecule has 1 amide bonds. The van der Waals surface area contributed by atoms with E-state index in [9.17, 15) is 4.79 Å². The number of hydrogen-bond donors (Lipinski definition) is 0. The molecule has 1 saturated heterocycles. The van der Waals surface area contributed by atoms with Crippen LogP contribution in [0.1, 0.15) is 12.0 Å². The summed E-state index contributed by atoms with van der Waals surface area (Å²) in [5, 5.41) is 0.936. The number of aromatic nitrogens is 2. The summed E-state index contributed by atoms with van der Waals surface area (Å²) < 4.78 is 2.25. The number of thioether (sulfide) groups is 1. The Morgan fingerprint density at radius 2 is 1.80 bits per heavy atom. The number of hydrogen-bond acceptors (Lipinski definition) is 3. The van der Waals surface area contributed by atoms with E-state index in [-0.39, 0.29) is 5.91 Å². The van der Waals surface area contributed by atoms with E-state index in [0.717, 1.165) is 48.7 Å². The van der Waals surface area contributed by atoms with Gasteiger partial charge in [-0.25, -0.2) is 4.98 Å². The Bertz CT molecular complexity index is 871. The first-order chi connectivity index (χ1) is 12.3. The fourth-order valence-electron chi connectivity index (χ4n) is 3.05. The Morgan fingerprint density at radius 1 is 1.04 bits per heavy atom. The second-order valence-electron chi connectivity index (χ2n) is 6.29. The Hall–Kier alpha value is -2.27. The first-order valence-corrected chi connectivity index (χ1v) is 9.69. The molecule has 1 aliphatic rings. The van der Waals surface area contributed by atoms with Gasteiger partial charge >= 0.3 is 0 Å². The van der Waals surface area contributed by atoms with Crippen LogP contribution in [0.25, 0.3) is 11.0 Å². The quantitative estimate of drug-likeness (QED) is 0.637. The van der Waals surface area contributed by atoms with Gasteiger partial charge in [-0.05, 0) is 30.5 Å². The van der Waals surface area contributed by atoms with Crippen LogP contribution in [0.15, 0.2) is 59.8 Å². The van der Waals surface area contributed by atoms with E-state index in [2.05, 4.69) is 34.9 Å². The number of benzene rings is 2. The molecule has 1 fully saturated rings. The summed E-state index contributed by atoms with van der Waals surface area (Å²) in [6.07, 6.45) is 2.08. The fraction of sp³-hybridized carbons (Fsp3) is 0.300. The summed E-state index contributed by atoms with van der Waals surface area (Å²) >= 11 is 1.55. The predicted octanol–water partition coefficient (Wildman–Crippen LogP) is 3.60. The number of para-hydroxylation sites is 2. The summed E-state index contributed by atoms with van der Waals surface area (Å²) in [6.45, 7) is 2.68. The van der Waals surface area contributed by atoms with Gasteiger partial charge in [-0.3, -0.25) is 4.79 Å². The van der Waals surface area contributed by atoms with Crippen molar-refractivity contribution in [2.75, 3.05) is 18.8 Å². The monoisotopic (exact) mass is 351 g/mol. The second-order valence-corrected chi connectivity index (χ2v) is 7.24. The highest BCUT2D eigenvalue weighted by molar-refractivity contribution is 7.99. The number of fused-ring (bicyclic) bond motifs is 1. The molecule has 0 saturated carbocycles. The lowest BCUT2D eigenvalue weighted by molar-refractivity contribution is -0.131. The van der Waals surface area contributed by atoms with Crippen LogP contribution in [0, 0.1) is 0 Å². The number of aryl methyl sites for hydroxylation is 2. The molecule has 4 rings (SSSR count). The maximum atomic E-state index is 12.2. The van der Waals surface area contributed by atoms with Crippen LogP contribution in [0.2, 0.25) is 0 Å². The van der Waals surface area contributed by atoms with Crippen LogP contribution in [-0.2, 0) is 17.8 Å². The highest BCUT2D eigenvalue weighted by Gasteiger charge is 2.21. The smallest absolute Gasteiger partial charge is 0.233 e. The average molecular weight is 351 g/mol. The van der Waals surface area contributed by atoms with Gasteiger partial charge in [0, 0.05) is 19.6 Å². The summed E-state index contributed by atoms with van der Waals surface area (Å²) in [7, 11) is 0. The maximum Gasteiger partial charge on any atom is 0.233 e. The standard InChI is InChI=1S/C20H21N3OS/c24-19(22-12-6-13-22)15-25-20-21-17-9-4-5-10-18(17)23(20)14-11-16-7-2-1-3-8-16/h1-5,7-10H,6,11-15H2. The zero-order valence-corrected chi connectivity index (χ0v) is 14.9. The molecule has 0 radical (unpaired) electrons. The molecule has 5 heteroatoms. The second kappa shape index (κ2) is 7.31. The first-order valence-electron chi connectivity index (χ1n) is 8.71. The van der Waals surface area contributed by atoms with Crippen molar-refractivity contribution < 1.29 is 4.79 Å². The number of imidazole rings is 1. The van der Waals surface area contributed by atoms with E-state index in [4.69, 9.17) is 4.98 Å². The fourth-order valence-corrected chi connectivity index (χ4v) is 3.99. The van der Waals surface area contributed by atoms with Crippen molar-refractivity contribution in [3.63, 3.8) is 0 Å². The molecule has 4 nitrogen and oxygen atoms in total. The van der Waals surface area contributed by atoms with Gasteiger partial charge in [0.25, 0.3) is 0 Å². The lowest BCUT2D eigenvalue weighted by Crippen LogP contribution is -2.43. The van der Waals surface area contributed by atoms with E-state index >= 15 is 0 Å². The lowest BCUT2D eigenvalue weighted by atomic mass is 10.1. The average Bonchev–Trinajstić information content (AvgIpc) is 2.95. The first kappa shape index (κ1) is 16.2. The third-order valence-corrected chi connectivity index (χ3v) is 5.58. The van der Waals surface area contributed by atoms with Crippen LogP contribution in [0.5, 0.6) is 0 Å². The third-order valence-electron chi connectivity index (χ3n) is 4.62. The van der Waals surface area contributed by atoms with Crippen molar-refractivity contribution in [3.8, 4) is 0 Å². The minimum Gasteiger partial charge on any atom is -0.342 e. The number of rotatable bonds is 6. The molecule has 1 aliphatic heterocycles. The Kier molecular flexibility index (Phi) is 4.74. The molecule has 0 N–H and O–H groups in total. The Balaban J connectivity index is 1.53. The van der Waals surface area contributed by atoms with Gasteiger partial charge in [0.15, 0.2) is 5.16 Å². The zero-order chi connectivity index (χ0) is 17.1. The van der Waals surface area contributed by atoms with Crippen molar-refractivity contribution in [1.29, 1.82) is 0 Å². The van der Waals surface area contributed by atoms with Gasteiger partial charge in [0.05, 0.1) is 16.8 Å². The minimum atomic E-state index is 0.220. The third kappa shape index (κ3) is 3.56. The van der Waals surface area contributed by atoms with Crippen molar-refractivity contribution in [2.24, 2.45) is 0 Å². The molecule has 1 aromatic heterocycles. The Labute approximate surface area is 151 Å². The highest BCUT2D eigenvalue weighted by atomic mass is 32.2. The molecule has 2 heterocycles. The summed E-state index contributed by atoms with van der Waals surface area (Å²) in [4.78, 5) is 18.8. The molecule has 0 atom stereocenters. The Morgan fingerprint density at radius 3 is 2.56 bits per heavy atom. The maximum absolute atomic E-state index is 12.2. The SMILES string of the molecule is O=C(CSc1nc2ccccc2n1CCc1ccccc1)N1CCC1.